The number of halogens is 1. The lowest BCUT2D eigenvalue weighted by molar-refractivity contribution is -0.177. The lowest BCUT2D eigenvalue weighted by atomic mass is 9.76. The lowest BCUT2D eigenvalue weighted by Crippen LogP contribution is -2.53. The molecule has 35 heavy (non-hydrogen) atoms. The van der Waals surface area contributed by atoms with Crippen LogP contribution in [0.1, 0.15) is 44.1 Å². The number of pyridine rings is 1. The highest BCUT2D eigenvalue weighted by atomic mass is 35.5. The number of ether oxygens (including phenoxy) is 2. The highest BCUT2D eigenvalue weighted by Crippen LogP contribution is 2.46. The van der Waals surface area contributed by atoms with Crippen LogP contribution in [-0.4, -0.2) is 34.7 Å². The Morgan fingerprint density at radius 1 is 1.14 bits per heavy atom. The Morgan fingerprint density at radius 3 is 2.69 bits per heavy atom. The predicted octanol–water partition coefficient (Wildman–Crippen LogP) is 6.44. The Morgan fingerprint density at radius 2 is 1.94 bits per heavy atom. The van der Waals surface area contributed by atoms with Gasteiger partial charge < -0.3 is 9.47 Å². The number of rotatable bonds is 7. The molecule has 1 aromatic heterocycles. The fourth-order valence-electron chi connectivity index (χ4n) is 5.47. The van der Waals surface area contributed by atoms with E-state index in [9.17, 15) is 9.59 Å². The number of hydrogen-bond acceptors (Lipinski definition) is 6. The van der Waals surface area contributed by atoms with E-state index in [4.69, 9.17) is 21.1 Å². The number of fused-ring (bicyclic) bond motifs is 1. The van der Waals surface area contributed by atoms with Crippen molar-refractivity contribution in [2.45, 2.75) is 60.7 Å². The first-order valence-corrected chi connectivity index (χ1v) is 13.3. The summed E-state index contributed by atoms with van der Waals surface area (Å²) in [5.74, 6) is 0.343. The molecule has 5 nitrogen and oxygen atoms in total. The Balaban J connectivity index is 1.37. The minimum Gasteiger partial charge on any atom is -0.495 e. The zero-order valence-electron chi connectivity index (χ0n) is 19.7. The zero-order chi connectivity index (χ0) is 24.4. The highest BCUT2D eigenvalue weighted by molar-refractivity contribution is 8.01. The van der Waals surface area contributed by atoms with E-state index in [1.807, 2.05) is 48.5 Å². The van der Waals surface area contributed by atoms with Crippen LogP contribution in [0.15, 0.2) is 59.6 Å². The molecule has 0 bridgehead atoms. The molecule has 2 atom stereocenters. The van der Waals surface area contributed by atoms with E-state index >= 15 is 0 Å². The van der Waals surface area contributed by atoms with Crippen molar-refractivity contribution in [3.05, 3.63) is 65.3 Å². The fourth-order valence-corrected chi connectivity index (χ4v) is 6.80. The third-order valence-corrected chi connectivity index (χ3v) is 8.85. The van der Waals surface area contributed by atoms with Crippen molar-refractivity contribution in [3.8, 4) is 5.75 Å². The quantitative estimate of drug-likeness (QED) is 0.270. The predicted molar refractivity (Wildman–Crippen MR) is 138 cm³/mol. The van der Waals surface area contributed by atoms with Gasteiger partial charge in [-0.05, 0) is 61.4 Å². The molecule has 2 heterocycles. The number of ketones is 1. The SMILES string of the molecule is COc1ccc(CCC2(C3CCCC3)CC(=O)C(Sc3cccc4cccnc34)C(=O)O2)cc1Cl. The molecule has 1 saturated heterocycles. The number of benzene rings is 2. The summed E-state index contributed by atoms with van der Waals surface area (Å²) < 4.78 is 11.5. The summed E-state index contributed by atoms with van der Waals surface area (Å²) in [6.45, 7) is 0. The average molecular weight is 510 g/mol. The first kappa shape index (κ1) is 24.1. The normalized spacial score (nSPS) is 23.0. The van der Waals surface area contributed by atoms with Gasteiger partial charge >= 0.3 is 5.97 Å². The van der Waals surface area contributed by atoms with Gasteiger partial charge in [-0.25, -0.2) is 0 Å². The van der Waals surface area contributed by atoms with Gasteiger partial charge in [0.1, 0.15) is 11.4 Å². The summed E-state index contributed by atoms with van der Waals surface area (Å²) in [6, 6.07) is 15.4. The van der Waals surface area contributed by atoms with Gasteiger partial charge in [0.2, 0.25) is 0 Å². The molecule has 0 radical (unpaired) electrons. The maximum absolute atomic E-state index is 13.5. The van der Waals surface area contributed by atoms with Crippen LogP contribution < -0.4 is 4.74 Å². The molecule has 1 aliphatic heterocycles. The van der Waals surface area contributed by atoms with E-state index in [-0.39, 0.29) is 18.1 Å². The number of methoxy groups -OCH3 is 1. The molecular weight excluding hydrogens is 482 g/mol. The number of carbonyl (C=O) groups excluding carboxylic acids is 2. The molecule has 3 aromatic rings. The van der Waals surface area contributed by atoms with Gasteiger partial charge in [0.25, 0.3) is 0 Å². The third-order valence-electron chi connectivity index (χ3n) is 7.28. The van der Waals surface area contributed by atoms with Gasteiger partial charge in [-0.3, -0.25) is 14.6 Å². The van der Waals surface area contributed by atoms with Crippen molar-refractivity contribution in [3.63, 3.8) is 0 Å². The molecule has 1 aliphatic carbocycles. The Bertz CT molecular complexity index is 1230. The molecule has 0 N–H and O–H groups in total. The Labute approximate surface area is 214 Å². The van der Waals surface area contributed by atoms with Crippen LogP contribution in [0.2, 0.25) is 5.02 Å². The van der Waals surface area contributed by atoms with E-state index in [0.29, 0.717) is 23.6 Å². The van der Waals surface area contributed by atoms with Crippen LogP contribution in [0.25, 0.3) is 10.9 Å². The number of aryl methyl sites for hydroxylation is 1. The summed E-state index contributed by atoms with van der Waals surface area (Å²) >= 11 is 7.58. The van der Waals surface area contributed by atoms with Gasteiger partial charge in [0, 0.05) is 22.9 Å². The van der Waals surface area contributed by atoms with Crippen molar-refractivity contribution < 1.29 is 19.1 Å². The molecule has 2 fully saturated rings. The Kier molecular flexibility index (Phi) is 7.03. The second-order valence-electron chi connectivity index (χ2n) is 9.41. The van der Waals surface area contributed by atoms with Crippen molar-refractivity contribution in [1.82, 2.24) is 4.98 Å². The van der Waals surface area contributed by atoms with Crippen molar-refractivity contribution >= 4 is 46.0 Å². The van der Waals surface area contributed by atoms with E-state index in [2.05, 4.69) is 4.98 Å². The maximum Gasteiger partial charge on any atom is 0.327 e. The molecule has 7 heteroatoms. The van der Waals surface area contributed by atoms with Crippen molar-refractivity contribution in [2.75, 3.05) is 7.11 Å². The number of nitrogens with zero attached hydrogens (tertiary/aromatic N) is 1. The summed E-state index contributed by atoms with van der Waals surface area (Å²) in [7, 11) is 1.59. The Hall–Kier alpha value is -2.57. The largest absolute Gasteiger partial charge is 0.495 e. The zero-order valence-corrected chi connectivity index (χ0v) is 21.2. The van der Waals surface area contributed by atoms with Gasteiger partial charge in [-0.2, -0.15) is 0 Å². The third kappa shape index (κ3) is 4.91. The standard InChI is InChI=1S/C28H28ClNO4S/c1-33-23-12-11-18(16-21(23)29)13-14-28(20-8-2-3-9-20)17-22(31)26(27(32)34-28)35-24-10-4-6-19-7-5-15-30-25(19)24/h4-7,10-12,15-16,20,26H,2-3,8-9,13-14,17H2,1H3. The summed E-state index contributed by atoms with van der Waals surface area (Å²) in [6.07, 6.45) is 7.42. The van der Waals surface area contributed by atoms with Crippen LogP contribution in [0.5, 0.6) is 5.75 Å². The average Bonchev–Trinajstić information content (AvgIpc) is 3.41. The van der Waals surface area contributed by atoms with Crippen molar-refractivity contribution in [2.24, 2.45) is 5.92 Å². The first-order chi connectivity index (χ1) is 17.0. The molecular formula is C28H28ClNO4S. The molecule has 1 saturated carbocycles. The van der Waals surface area contributed by atoms with Crippen LogP contribution >= 0.6 is 23.4 Å². The topological polar surface area (TPSA) is 65.5 Å². The molecule has 0 spiro atoms. The van der Waals surface area contributed by atoms with E-state index in [1.165, 1.54) is 11.8 Å². The van der Waals surface area contributed by atoms with E-state index in [1.54, 1.807) is 13.3 Å². The maximum atomic E-state index is 13.5. The number of para-hydroxylation sites is 1. The summed E-state index contributed by atoms with van der Waals surface area (Å²) in [5, 5.41) is 0.664. The van der Waals surface area contributed by atoms with E-state index in [0.717, 1.165) is 47.0 Å². The van der Waals surface area contributed by atoms with Gasteiger partial charge in [-0.15, -0.1) is 11.8 Å². The number of carbonyl (C=O) groups is 2. The minimum atomic E-state index is -0.868. The molecule has 2 unspecified atom stereocenters. The van der Waals surface area contributed by atoms with Crippen LogP contribution in [-0.2, 0) is 20.7 Å². The number of hydrogen-bond donors (Lipinski definition) is 0. The van der Waals surface area contributed by atoms with Crippen LogP contribution in [0.3, 0.4) is 0 Å². The van der Waals surface area contributed by atoms with Crippen LogP contribution in [0, 0.1) is 5.92 Å². The second-order valence-corrected chi connectivity index (χ2v) is 11.0. The smallest absolute Gasteiger partial charge is 0.327 e. The molecule has 182 valence electrons. The van der Waals surface area contributed by atoms with E-state index < -0.39 is 16.8 Å². The molecule has 0 amide bonds. The number of esters is 1. The van der Waals surface area contributed by atoms with Crippen molar-refractivity contribution in [1.29, 1.82) is 0 Å². The second kappa shape index (κ2) is 10.2. The summed E-state index contributed by atoms with van der Waals surface area (Å²) in [5.41, 5.74) is 1.07. The number of aromatic nitrogens is 1. The monoisotopic (exact) mass is 509 g/mol. The van der Waals surface area contributed by atoms with Gasteiger partial charge in [0.15, 0.2) is 11.0 Å². The van der Waals surface area contributed by atoms with Gasteiger partial charge in [0.05, 0.1) is 17.6 Å². The fraction of sp³-hybridized carbons (Fsp3) is 0.393. The first-order valence-electron chi connectivity index (χ1n) is 12.1. The van der Waals surface area contributed by atoms with Crippen LogP contribution in [0.4, 0.5) is 0 Å². The molecule has 2 aliphatic rings. The molecule has 5 rings (SSSR count). The minimum absolute atomic E-state index is 0.0566. The van der Waals surface area contributed by atoms with Gasteiger partial charge in [-0.1, -0.05) is 48.7 Å². The number of thioether (sulfide) groups is 1. The molecule has 2 aromatic carbocycles. The highest BCUT2D eigenvalue weighted by Gasteiger charge is 2.51. The number of cyclic esters (lactones) is 1. The number of Topliss-reactive ketones (excluding diaryl/α,β-unsaturated/α-hetero) is 1. The lowest BCUT2D eigenvalue weighted by Gasteiger charge is -2.43. The summed E-state index contributed by atoms with van der Waals surface area (Å²) in [4.78, 5) is 32.1.